The van der Waals surface area contributed by atoms with Crippen molar-refractivity contribution >= 4 is 5.91 Å². The van der Waals surface area contributed by atoms with Gasteiger partial charge in [0.15, 0.2) is 0 Å². The second-order valence-corrected chi connectivity index (χ2v) is 7.16. The SMILES string of the molecule is Cc1nnnn1CCC(=O)N1C[C@@H](CO)C[C@@H](CN2CCCC2)C1. The van der Waals surface area contributed by atoms with E-state index in [0.29, 0.717) is 25.4 Å². The molecule has 134 valence electrons. The second-order valence-electron chi connectivity index (χ2n) is 7.16. The lowest BCUT2D eigenvalue weighted by Gasteiger charge is -2.38. The van der Waals surface area contributed by atoms with E-state index >= 15 is 0 Å². The van der Waals surface area contributed by atoms with Crippen LogP contribution in [0.2, 0.25) is 0 Å². The molecule has 3 heterocycles. The molecular formula is C16H28N6O2. The number of aliphatic hydroxyl groups is 1. The zero-order valence-corrected chi connectivity index (χ0v) is 14.5. The molecule has 2 atom stereocenters. The minimum atomic E-state index is 0.134. The summed E-state index contributed by atoms with van der Waals surface area (Å²) in [6.45, 7) is 7.37. The zero-order valence-electron chi connectivity index (χ0n) is 14.5. The van der Waals surface area contributed by atoms with Gasteiger partial charge in [-0.15, -0.1) is 5.10 Å². The van der Waals surface area contributed by atoms with Gasteiger partial charge in [-0.1, -0.05) is 0 Å². The predicted octanol–water partition coefficient (Wildman–Crippen LogP) is -0.0756. The number of likely N-dealkylation sites (tertiary alicyclic amines) is 2. The fraction of sp³-hybridized carbons (Fsp3) is 0.875. The fourth-order valence-corrected chi connectivity index (χ4v) is 3.93. The molecule has 0 spiro atoms. The van der Waals surface area contributed by atoms with E-state index < -0.39 is 0 Å². The molecule has 0 unspecified atom stereocenters. The molecule has 1 amide bonds. The maximum Gasteiger partial charge on any atom is 0.224 e. The molecule has 2 aliphatic rings. The van der Waals surface area contributed by atoms with E-state index in [-0.39, 0.29) is 18.4 Å². The summed E-state index contributed by atoms with van der Waals surface area (Å²) in [6, 6.07) is 0. The van der Waals surface area contributed by atoms with Crippen LogP contribution in [0, 0.1) is 18.8 Å². The molecule has 0 aliphatic carbocycles. The van der Waals surface area contributed by atoms with Gasteiger partial charge in [-0.25, -0.2) is 4.68 Å². The third-order valence-corrected chi connectivity index (χ3v) is 5.20. The average Bonchev–Trinajstić information content (AvgIpc) is 3.24. The first-order valence-corrected chi connectivity index (χ1v) is 8.99. The summed E-state index contributed by atoms with van der Waals surface area (Å²) in [4.78, 5) is 17.0. The summed E-state index contributed by atoms with van der Waals surface area (Å²) in [6.07, 6.45) is 3.98. The van der Waals surface area contributed by atoms with Crippen molar-refractivity contribution in [1.29, 1.82) is 0 Å². The smallest absolute Gasteiger partial charge is 0.224 e. The van der Waals surface area contributed by atoms with Crippen molar-refractivity contribution in [2.45, 2.75) is 39.2 Å². The van der Waals surface area contributed by atoms with E-state index in [0.717, 1.165) is 25.3 Å². The molecule has 0 bridgehead atoms. The molecule has 2 saturated heterocycles. The molecule has 2 fully saturated rings. The molecule has 2 aliphatic heterocycles. The summed E-state index contributed by atoms with van der Waals surface area (Å²) in [5, 5.41) is 20.9. The summed E-state index contributed by atoms with van der Waals surface area (Å²) in [7, 11) is 0. The van der Waals surface area contributed by atoms with Gasteiger partial charge in [-0.05, 0) is 61.5 Å². The van der Waals surface area contributed by atoms with Crippen LogP contribution in [-0.2, 0) is 11.3 Å². The number of rotatable bonds is 6. The van der Waals surface area contributed by atoms with Crippen LogP contribution in [0.5, 0.6) is 0 Å². The number of nitrogens with zero attached hydrogens (tertiary/aromatic N) is 6. The summed E-state index contributed by atoms with van der Waals surface area (Å²) >= 11 is 0. The second kappa shape index (κ2) is 8.02. The Morgan fingerprint density at radius 2 is 2.00 bits per heavy atom. The Hall–Kier alpha value is -1.54. The van der Waals surface area contributed by atoms with E-state index in [4.69, 9.17) is 0 Å². The highest BCUT2D eigenvalue weighted by molar-refractivity contribution is 5.76. The third kappa shape index (κ3) is 4.30. The Morgan fingerprint density at radius 3 is 2.67 bits per heavy atom. The van der Waals surface area contributed by atoms with Gasteiger partial charge in [0.2, 0.25) is 5.91 Å². The van der Waals surface area contributed by atoms with Crippen LogP contribution in [0.3, 0.4) is 0 Å². The lowest BCUT2D eigenvalue weighted by Crippen LogP contribution is -2.47. The van der Waals surface area contributed by atoms with E-state index in [2.05, 4.69) is 20.4 Å². The number of piperidine rings is 1. The Labute approximate surface area is 142 Å². The van der Waals surface area contributed by atoms with Crippen LogP contribution in [-0.4, -0.2) is 80.4 Å². The summed E-state index contributed by atoms with van der Waals surface area (Å²) in [5.41, 5.74) is 0. The number of aliphatic hydroxyl groups excluding tert-OH is 1. The average molecular weight is 336 g/mol. The summed E-state index contributed by atoms with van der Waals surface area (Å²) in [5.74, 6) is 1.52. The van der Waals surface area contributed by atoms with Crippen molar-refractivity contribution in [3.63, 3.8) is 0 Å². The zero-order chi connectivity index (χ0) is 16.9. The first kappa shape index (κ1) is 17.3. The molecule has 0 saturated carbocycles. The monoisotopic (exact) mass is 336 g/mol. The molecular weight excluding hydrogens is 308 g/mol. The van der Waals surface area contributed by atoms with Crippen molar-refractivity contribution in [2.75, 3.05) is 39.3 Å². The van der Waals surface area contributed by atoms with E-state index in [1.54, 1.807) is 4.68 Å². The van der Waals surface area contributed by atoms with E-state index in [9.17, 15) is 9.90 Å². The van der Waals surface area contributed by atoms with E-state index in [1.807, 2.05) is 11.8 Å². The van der Waals surface area contributed by atoms with Crippen LogP contribution in [0.1, 0.15) is 31.5 Å². The van der Waals surface area contributed by atoms with Gasteiger partial charge < -0.3 is 14.9 Å². The highest BCUT2D eigenvalue weighted by Gasteiger charge is 2.31. The lowest BCUT2D eigenvalue weighted by molar-refractivity contribution is -0.135. The Balaban J connectivity index is 1.54. The van der Waals surface area contributed by atoms with Crippen molar-refractivity contribution in [2.24, 2.45) is 11.8 Å². The van der Waals surface area contributed by atoms with Crippen LogP contribution in [0.4, 0.5) is 0 Å². The van der Waals surface area contributed by atoms with E-state index in [1.165, 1.54) is 25.9 Å². The molecule has 8 nitrogen and oxygen atoms in total. The van der Waals surface area contributed by atoms with Crippen LogP contribution < -0.4 is 0 Å². The lowest BCUT2D eigenvalue weighted by atomic mass is 9.89. The van der Waals surface area contributed by atoms with Crippen LogP contribution in [0.15, 0.2) is 0 Å². The number of tetrazole rings is 1. The van der Waals surface area contributed by atoms with Crippen molar-refractivity contribution in [1.82, 2.24) is 30.0 Å². The number of hydrogen-bond acceptors (Lipinski definition) is 6. The molecule has 3 rings (SSSR count). The molecule has 1 aromatic heterocycles. The maximum absolute atomic E-state index is 12.6. The molecule has 0 radical (unpaired) electrons. The largest absolute Gasteiger partial charge is 0.396 e. The number of amides is 1. The third-order valence-electron chi connectivity index (χ3n) is 5.20. The van der Waals surface area contributed by atoms with Crippen molar-refractivity contribution in [3.05, 3.63) is 5.82 Å². The highest BCUT2D eigenvalue weighted by Crippen LogP contribution is 2.24. The van der Waals surface area contributed by atoms with Gasteiger partial charge in [-0.3, -0.25) is 4.79 Å². The summed E-state index contributed by atoms with van der Waals surface area (Å²) < 4.78 is 1.66. The van der Waals surface area contributed by atoms with Crippen LogP contribution >= 0.6 is 0 Å². The van der Waals surface area contributed by atoms with Gasteiger partial charge in [0.05, 0.1) is 6.54 Å². The predicted molar refractivity (Wildman–Crippen MR) is 88.1 cm³/mol. The van der Waals surface area contributed by atoms with Gasteiger partial charge in [-0.2, -0.15) is 0 Å². The molecule has 1 aromatic rings. The van der Waals surface area contributed by atoms with Gasteiger partial charge in [0.1, 0.15) is 5.82 Å². The van der Waals surface area contributed by atoms with Gasteiger partial charge >= 0.3 is 0 Å². The Morgan fingerprint density at radius 1 is 1.25 bits per heavy atom. The van der Waals surface area contributed by atoms with Crippen LogP contribution in [0.25, 0.3) is 0 Å². The standard InChI is InChI=1S/C16H28N6O2/c1-13-17-18-19-22(13)7-4-16(24)21-10-14(8-15(11-21)12-23)9-20-5-2-3-6-20/h14-15,23H,2-12H2,1H3/t14-,15-/m0/s1. The number of aromatic nitrogens is 4. The minimum Gasteiger partial charge on any atom is -0.396 e. The number of hydrogen-bond donors (Lipinski definition) is 1. The molecule has 8 heteroatoms. The Kier molecular flexibility index (Phi) is 5.78. The molecule has 1 N–H and O–H groups in total. The topological polar surface area (TPSA) is 87.4 Å². The van der Waals surface area contributed by atoms with Gasteiger partial charge in [0, 0.05) is 32.7 Å². The molecule has 0 aromatic carbocycles. The Bertz CT molecular complexity index is 542. The number of carbonyl (C=O) groups excluding carboxylic acids is 1. The maximum atomic E-state index is 12.6. The van der Waals surface area contributed by atoms with Crippen molar-refractivity contribution in [3.8, 4) is 0 Å². The highest BCUT2D eigenvalue weighted by atomic mass is 16.3. The van der Waals surface area contributed by atoms with Gasteiger partial charge in [0.25, 0.3) is 0 Å². The number of carbonyl (C=O) groups is 1. The van der Waals surface area contributed by atoms with Crippen molar-refractivity contribution < 1.29 is 9.90 Å². The normalized spacial score (nSPS) is 25.3. The molecule has 24 heavy (non-hydrogen) atoms. The fourth-order valence-electron chi connectivity index (χ4n) is 3.93. The first-order valence-electron chi connectivity index (χ1n) is 8.99. The minimum absolute atomic E-state index is 0.134. The first-order chi connectivity index (χ1) is 11.7. The number of aryl methyl sites for hydroxylation is 2. The quantitative estimate of drug-likeness (QED) is 0.782.